The molecule has 0 aliphatic heterocycles. The second-order valence-corrected chi connectivity index (χ2v) is 10.3. The number of unbranched alkanes of at least 4 members (excludes halogenated alkanes) is 2. The molecule has 2 unspecified atom stereocenters. The molecule has 4 rings (SSSR count). The number of fused-ring (bicyclic) bond motifs is 2. The molecule has 2 aromatic heterocycles. The molecule has 0 saturated heterocycles. The first-order valence-electron chi connectivity index (χ1n) is 13.1. The van der Waals surface area contributed by atoms with Gasteiger partial charge in [-0.2, -0.15) is 0 Å². The number of rotatable bonds is 12. The Morgan fingerprint density at radius 3 is 2.76 bits per heavy atom. The van der Waals surface area contributed by atoms with Gasteiger partial charge in [0.1, 0.15) is 0 Å². The first-order chi connectivity index (χ1) is 16.7. The zero-order valence-corrected chi connectivity index (χ0v) is 21.5. The van der Waals surface area contributed by atoms with Crippen LogP contribution >= 0.6 is 11.6 Å². The summed E-state index contributed by atoms with van der Waals surface area (Å²) in [6.45, 7) is 8.22. The van der Waals surface area contributed by atoms with Crippen molar-refractivity contribution in [1.29, 1.82) is 0 Å². The molecule has 0 spiro atoms. The predicted molar refractivity (Wildman–Crippen MR) is 142 cm³/mol. The summed E-state index contributed by atoms with van der Waals surface area (Å²) in [4.78, 5) is 15.0. The van der Waals surface area contributed by atoms with E-state index in [-0.39, 0.29) is 0 Å². The van der Waals surface area contributed by atoms with E-state index in [0.717, 1.165) is 30.8 Å². The Kier molecular flexibility index (Phi) is 9.18. The predicted octanol–water partition coefficient (Wildman–Crippen LogP) is 6.84. The quantitative estimate of drug-likeness (QED) is 0.290. The maximum atomic E-state index is 6.38. The summed E-state index contributed by atoms with van der Waals surface area (Å²) in [5.74, 6) is 0.856. The highest BCUT2D eigenvalue weighted by Gasteiger charge is 2.29. The fraction of sp³-hybridized carbons (Fsp3) is 0.517. The fourth-order valence-electron chi connectivity index (χ4n) is 5.48. The van der Waals surface area contributed by atoms with Gasteiger partial charge in [-0.05, 0) is 105 Å². The Hall–Kier alpha value is -2.17. The summed E-state index contributed by atoms with van der Waals surface area (Å²) in [6.07, 6.45) is 15.0. The zero-order valence-electron chi connectivity index (χ0n) is 20.8. The van der Waals surface area contributed by atoms with E-state index in [1.165, 1.54) is 73.3 Å². The summed E-state index contributed by atoms with van der Waals surface area (Å²) in [6, 6.07) is 10.8. The van der Waals surface area contributed by atoms with Gasteiger partial charge >= 0.3 is 0 Å². The van der Waals surface area contributed by atoms with Crippen molar-refractivity contribution in [2.75, 3.05) is 19.6 Å². The first-order valence-corrected chi connectivity index (χ1v) is 13.5. The van der Waals surface area contributed by atoms with Gasteiger partial charge in [0, 0.05) is 23.3 Å². The lowest BCUT2D eigenvalue weighted by atomic mass is 9.80. The van der Waals surface area contributed by atoms with Gasteiger partial charge in [-0.1, -0.05) is 44.0 Å². The highest BCUT2D eigenvalue weighted by atomic mass is 35.5. The minimum absolute atomic E-state index is 0.336. The second-order valence-electron chi connectivity index (χ2n) is 9.85. The number of H-pyrrole nitrogens is 1. The lowest BCUT2D eigenvalue weighted by molar-refractivity contribution is 0.244. The topological polar surface area (TPSA) is 44.8 Å². The van der Waals surface area contributed by atoms with Crippen molar-refractivity contribution >= 4 is 11.6 Å². The molecule has 5 heteroatoms. The van der Waals surface area contributed by atoms with Crippen LogP contribution in [-0.4, -0.2) is 39.5 Å². The summed E-state index contributed by atoms with van der Waals surface area (Å²) < 4.78 is 0. The summed E-state index contributed by atoms with van der Waals surface area (Å²) in [5, 5.41) is 0.838. The Bertz CT molecular complexity index is 1020. The van der Waals surface area contributed by atoms with Crippen LogP contribution in [0.25, 0.3) is 0 Å². The molecule has 1 aromatic carbocycles. The van der Waals surface area contributed by atoms with E-state index < -0.39 is 0 Å². The van der Waals surface area contributed by atoms with Gasteiger partial charge in [0.15, 0.2) is 0 Å². The second kappa shape index (κ2) is 12.5. The SMILES string of the molecule is CCCN(CCCCCc1c[nH]cn1)CCC(C)C1c2ccc(Cl)cc2CCc2cccnc21. The molecule has 0 bridgehead atoms. The van der Waals surface area contributed by atoms with E-state index in [9.17, 15) is 0 Å². The van der Waals surface area contributed by atoms with Crippen molar-refractivity contribution < 1.29 is 0 Å². The molecule has 0 radical (unpaired) electrons. The third kappa shape index (κ3) is 6.49. The van der Waals surface area contributed by atoms with Crippen LogP contribution in [0.5, 0.6) is 0 Å². The number of pyridine rings is 1. The molecule has 0 saturated carbocycles. The molecule has 2 atom stereocenters. The number of nitrogens with one attached hydrogen (secondary N) is 1. The molecule has 1 aliphatic rings. The van der Waals surface area contributed by atoms with Crippen LogP contribution in [-0.2, 0) is 19.3 Å². The smallest absolute Gasteiger partial charge is 0.0923 e. The number of aryl methyl sites for hydroxylation is 3. The van der Waals surface area contributed by atoms with Crippen LogP contribution < -0.4 is 0 Å². The molecule has 1 N–H and O–H groups in total. The molecule has 0 fully saturated rings. The van der Waals surface area contributed by atoms with E-state index in [1.807, 2.05) is 12.4 Å². The first kappa shape index (κ1) is 24.9. The Morgan fingerprint density at radius 2 is 1.94 bits per heavy atom. The molecule has 2 heterocycles. The van der Waals surface area contributed by atoms with E-state index in [2.05, 4.69) is 59.0 Å². The van der Waals surface area contributed by atoms with E-state index >= 15 is 0 Å². The molecule has 4 nitrogen and oxygen atoms in total. The average Bonchev–Trinajstić information content (AvgIpc) is 3.30. The molecular formula is C29H39ClN4. The maximum absolute atomic E-state index is 6.38. The third-order valence-electron chi connectivity index (χ3n) is 7.30. The number of imidazole rings is 1. The number of aromatic amines is 1. The van der Waals surface area contributed by atoms with Crippen molar-refractivity contribution in [3.63, 3.8) is 0 Å². The number of hydrogen-bond donors (Lipinski definition) is 1. The van der Waals surface area contributed by atoms with Gasteiger partial charge in [-0.15, -0.1) is 0 Å². The third-order valence-corrected chi connectivity index (χ3v) is 7.53. The standard InChI is InChI=1S/C29H39ClN4/c1-3-16-34(17-6-4-5-9-26-20-31-21-33-26)18-14-22(2)28-27-13-12-25(30)19-24(27)11-10-23-8-7-15-32-29(23)28/h7-8,12-13,15,19-22,28H,3-6,9-11,14,16-18H2,1-2H3,(H,31,33). The summed E-state index contributed by atoms with van der Waals surface area (Å²) in [5.41, 5.74) is 6.67. The van der Waals surface area contributed by atoms with Gasteiger partial charge in [-0.25, -0.2) is 4.98 Å². The molecule has 34 heavy (non-hydrogen) atoms. The number of aromatic nitrogens is 3. The van der Waals surface area contributed by atoms with Crippen LogP contribution in [0.15, 0.2) is 49.1 Å². The summed E-state index contributed by atoms with van der Waals surface area (Å²) >= 11 is 6.38. The van der Waals surface area contributed by atoms with Crippen molar-refractivity contribution in [2.24, 2.45) is 5.92 Å². The van der Waals surface area contributed by atoms with Gasteiger partial charge in [-0.3, -0.25) is 4.98 Å². The molecule has 182 valence electrons. The van der Waals surface area contributed by atoms with Gasteiger partial charge < -0.3 is 9.88 Å². The van der Waals surface area contributed by atoms with E-state index in [0.29, 0.717) is 11.8 Å². The highest BCUT2D eigenvalue weighted by molar-refractivity contribution is 6.30. The fourth-order valence-corrected chi connectivity index (χ4v) is 5.67. The van der Waals surface area contributed by atoms with Crippen LogP contribution in [0.1, 0.15) is 79.9 Å². The maximum Gasteiger partial charge on any atom is 0.0923 e. The molecule has 1 aliphatic carbocycles. The zero-order chi connectivity index (χ0) is 23.8. The van der Waals surface area contributed by atoms with Gasteiger partial charge in [0.05, 0.1) is 17.7 Å². The minimum Gasteiger partial charge on any atom is -0.351 e. The van der Waals surface area contributed by atoms with Crippen molar-refractivity contribution in [3.05, 3.63) is 82.2 Å². The van der Waals surface area contributed by atoms with Crippen LogP contribution in [0.3, 0.4) is 0 Å². The number of nitrogens with zero attached hydrogens (tertiary/aromatic N) is 3. The highest BCUT2D eigenvalue weighted by Crippen LogP contribution is 2.40. The molecule has 3 aromatic rings. The molecular weight excluding hydrogens is 440 g/mol. The monoisotopic (exact) mass is 478 g/mol. The Labute approximate surface area is 210 Å². The largest absolute Gasteiger partial charge is 0.351 e. The van der Waals surface area contributed by atoms with Crippen LogP contribution in [0, 0.1) is 5.92 Å². The Balaban J connectivity index is 1.38. The van der Waals surface area contributed by atoms with Crippen LogP contribution in [0.2, 0.25) is 5.02 Å². The number of hydrogen-bond acceptors (Lipinski definition) is 3. The van der Waals surface area contributed by atoms with E-state index in [4.69, 9.17) is 16.6 Å². The lowest BCUT2D eigenvalue weighted by Gasteiger charge is -2.29. The van der Waals surface area contributed by atoms with Crippen molar-refractivity contribution in [3.8, 4) is 0 Å². The normalized spacial score (nSPS) is 16.2. The van der Waals surface area contributed by atoms with Gasteiger partial charge in [0.2, 0.25) is 0 Å². The summed E-state index contributed by atoms with van der Waals surface area (Å²) in [7, 11) is 0. The molecule has 0 amide bonds. The van der Waals surface area contributed by atoms with Crippen molar-refractivity contribution in [1.82, 2.24) is 19.9 Å². The van der Waals surface area contributed by atoms with Crippen LogP contribution in [0.4, 0.5) is 0 Å². The average molecular weight is 479 g/mol. The Morgan fingerprint density at radius 1 is 1.06 bits per heavy atom. The lowest BCUT2D eigenvalue weighted by Crippen LogP contribution is -2.29. The van der Waals surface area contributed by atoms with Crippen molar-refractivity contribution in [2.45, 2.75) is 71.1 Å². The van der Waals surface area contributed by atoms with Gasteiger partial charge in [0.25, 0.3) is 0 Å². The van der Waals surface area contributed by atoms with E-state index in [1.54, 1.807) is 6.33 Å². The number of benzene rings is 1. The minimum atomic E-state index is 0.336. The number of halogens is 1.